The van der Waals surface area contributed by atoms with Gasteiger partial charge in [-0.1, -0.05) is 18.2 Å². The minimum Gasteiger partial charge on any atom is -0.497 e. The summed E-state index contributed by atoms with van der Waals surface area (Å²) in [4.78, 5) is 12.1. The average molecular weight is 284 g/mol. The number of carbonyl (C=O) groups excluding carboxylic acids is 1. The van der Waals surface area contributed by atoms with Crippen LogP contribution in [0, 0.1) is 6.92 Å². The zero-order valence-corrected chi connectivity index (χ0v) is 12.3. The van der Waals surface area contributed by atoms with Gasteiger partial charge in [-0.05, 0) is 48.7 Å². The van der Waals surface area contributed by atoms with Crippen molar-refractivity contribution >= 4 is 11.6 Å². The van der Waals surface area contributed by atoms with Crippen LogP contribution >= 0.6 is 0 Å². The number of ether oxygens (including phenoxy) is 1. The molecule has 0 atom stereocenters. The molecule has 4 nitrogen and oxygen atoms in total. The molecule has 0 aliphatic carbocycles. The third kappa shape index (κ3) is 3.75. The fourth-order valence-corrected chi connectivity index (χ4v) is 2.11. The van der Waals surface area contributed by atoms with Crippen LogP contribution in [0.1, 0.15) is 21.5 Å². The molecule has 0 aliphatic rings. The number of nitrogens with one attached hydrogen (secondary N) is 1. The third-order valence-corrected chi connectivity index (χ3v) is 3.48. The number of methoxy groups -OCH3 is 1. The van der Waals surface area contributed by atoms with Crippen molar-refractivity contribution in [3.8, 4) is 5.75 Å². The maximum Gasteiger partial charge on any atom is 0.251 e. The molecule has 0 fully saturated rings. The van der Waals surface area contributed by atoms with E-state index in [2.05, 4.69) is 5.32 Å². The number of carbonyl (C=O) groups is 1. The first-order valence-electron chi connectivity index (χ1n) is 6.88. The van der Waals surface area contributed by atoms with Crippen LogP contribution in [-0.2, 0) is 6.42 Å². The fraction of sp³-hybridized carbons (Fsp3) is 0.235. The van der Waals surface area contributed by atoms with Gasteiger partial charge in [-0.2, -0.15) is 0 Å². The number of anilines is 1. The SMILES string of the molecule is COc1ccc(CCNC(=O)c2cccc(N)c2C)cc1. The molecule has 21 heavy (non-hydrogen) atoms. The van der Waals surface area contributed by atoms with Crippen LogP contribution in [0.4, 0.5) is 5.69 Å². The molecule has 0 radical (unpaired) electrons. The Morgan fingerprint density at radius 1 is 1.19 bits per heavy atom. The van der Waals surface area contributed by atoms with E-state index in [-0.39, 0.29) is 5.91 Å². The Labute approximate surface area is 124 Å². The van der Waals surface area contributed by atoms with Crippen molar-refractivity contribution in [3.05, 3.63) is 59.2 Å². The lowest BCUT2D eigenvalue weighted by Crippen LogP contribution is -2.26. The van der Waals surface area contributed by atoms with Gasteiger partial charge in [-0.15, -0.1) is 0 Å². The van der Waals surface area contributed by atoms with Crippen LogP contribution < -0.4 is 15.8 Å². The van der Waals surface area contributed by atoms with Crippen molar-refractivity contribution < 1.29 is 9.53 Å². The highest BCUT2D eigenvalue weighted by Gasteiger charge is 2.09. The van der Waals surface area contributed by atoms with E-state index in [0.717, 1.165) is 23.3 Å². The molecule has 3 N–H and O–H groups in total. The van der Waals surface area contributed by atoms with E-state index >= 15 is 0 Å². The summed E-state index contributed by atoms with van der Waals surface area (Å²) in [6, 6.07) is 13.2. The van der Waals surface area contributed by atoms with Crippen molar-refractivity contribution in [3.63, 3.8) is 0 Å². The van der Waals surface area contributed by atoms with Crippen LogP contribution in [0.5, 0.6) is 5.75 Å². The molecule has 0 aromatic heterocycles. The summed E-state index contributed by atoms with van der Waals surface area (Å²) in [5.41, 5.74) is 9.05. The Bertz CT molecular complexity index is 621. The van der Waals surface area contributed by atoms with Gasteiger partial charge in [-0.3, -0.25) is 4.79 Å². The smallest absolute Gasteiger partial charge is 0.251 e. The molecule has 110 valence electrons. The molecule has 0 saturated heterocycles. The minimum absolute atomic E-state index is 0.0895. The van der Waals surface area contributed by atoms with E-state index in [1.165, 1.54) is 0 Å². The van der Waals surface area contributed by atoms with Crippen molar-refractivity contribution in [1.82, 2.24) is 5.32 Å². The summed E-state index contributed by atoms with van der Waals surface area (Å²) in [6.07, 6.45) is 0.775. The number of nitrogen functional groups attached to an aromatic ring is 1. The van der Waals surface area contributed by atoms with Crippen LogP contribution in [0.2, 0.25) is 0 Å². The normalized spacial score (nSPS) is 10.2. The van der Waals surface area contributed by atoms with Gasteiger partial charge in [0.2, 0.25) is 0 Å². The third-order valence-electron chi connectivity index (χ3n) is 3.48. The molecule has 0 saturated carbocycles. The summed E-state index contributed by atoms with van der Waals surface area (Å²) in [5.74, 6) is 0.742. The lowest BCUT2D eigenvalue weighted by molar-refractivity contribution is 0.0953. The molecule has 2 rings (SSSR count). The highest BCUT2D eigenvalue weighted by Crippen LogP contribution is 2.15. The number of hydrogen-bond donors (Lipinski definition) is 2. The molecule has 1 amide bonds. The first-order chi connectivity index (χ1) is 10.1. The van der Waals surface area contributed by atoms with Gasteiger partial charge in [0.15, 0.2) is 0 Å². The largest absolute Gasteiger partial charge is 0.497 e. The molecule has 0 aliphatic heterocycles. The minimum atomic E-state index is -0.0895. The summed E-state index contributed by atoms with van der Waals surface area (Å²) < 4.78 is 5.11. The standard InChI is InChI=1S/C17H20N2O2/c1-12-15(4-3-5-16(12)18)17(20)19-11-10-13-6-8-14(21-2)9-7-13/h3-9H,10-11,18H2,1-2H3,(H,19,20). The predicted octanol–water partition coefficient (Wildman–Crippen LogP) is 2.56. The van der Waals surface area contributed by atoms with Crippen LogP contribution in [0.15, 0.2) is 42.5 Å². The monoisotopic (exact) mass is 284 g/mol. The Morgan fingerprint density at radius 3 is 2.57 bits per heavy atom. The number of nitrogens with two attached hydrogens (primary N) is 1. The molecule has 0 bridgehead atoms. The van der Waals surface area contributed by atoms with Crippen molar-refractivity contribution in [2.24, 2.45) is 0 Å². The van der Waals surface area contributed by atoms with E-state index in [1.807, 2.05) is 31.2 Å². The van der Waals surface area contributed by atoms with Crippen LogP contribution in [0.25, 0.3) is 0 Å². The zero-order valence-electron chi connectivity index (χ0n) is 12.3. The van der Waals surface area contributed by atoms with Crippen molar-refractivity contribution in [2.75, 3.05) is 19.4 Å². The lowest BCUT2D eigenvalue weighted by Gasteiger charge is -2.09. The molecular formula is C17H20N2O2. The van der Waals surface area contributed by atoms with Crippen molar-refractivity contribution in [1.29, 1.82) is 0 Å². The van der Waals surface area contributed by atoms with Gasteiger partial charge in [0.1, 0.15) is 5.75 Å². The van der Waals surface area contributed by atoms with Gasteiger partial charge in [0.25, 0.3) is 5.91 Å². The molecule has 2 aromatic carbocycles. The second-order valence-corrected chi connectivity index (χ2v) is 4.87. The molecule has 2 aromatic rings. The van der Waals surface area contributed by atoms with Crippen LogP contribution in [-0.4, -0.2) is 19.6 Å². The lowest BCUT2D eigenvalue weighted by atomic mass is 10.1. The Morgan fingerprint density at radius 2 is 1.90 bits per heavy atom. The molecule has 0 heterocycles. The zero-order chi connectivity index (χ0) is 15.2. The van der Waals surface area contributed by atoms with Gasteiger partial charge in [0, 0.05) is 17.8 Å². The maximum absolute atomic E-state index is 12.1. The highest BCUT2D eigenvalue weighted by molar-refractivity contribution is 5.96. The highest BCUT2D eigenvalue weighted by atomic mass is 16.5. The van der Waals surface area contributed by atoms with Gasteiger partial charge >= 0.3 is 0 Å². The number of amides is 1. The first kappa shape index (κ1) is 14.9. The summed E-state index contributed by atoms with van der Waals surface area (Å²) in [6.45, 7) is 2.44. The van der Waals surface area contributed by atoms with E-state index in [1.54, 1.807) is 25.3 Å². The molecular weight excluding hydrogens is 264 g/mol. The fourth-order valence-electron chi connectivity index (χ4n) is 2.11. The molecule has 0 unspecified atom stereocenters. The van der Waals surface area contributed by atoms with E-state index in [4.69, 9.17) is 10.5 Å². The van der Waals surface area contributed by atoms with Gasteiger partial charge in [0.05, 0.1) is 7.11 Å². The second kappa shape index (κ2) is 6.79. The van der Waals surface area contributed by atoms with E-state index in [9.17, 15) is 4.79 Å². The molecule has 4 heteroatoms. The number of benzene rings is 2. The number of hydrogen-bond acceptors (Lipinski definition) is 3. The first-order valence-corrected chi connectivity index (χ1v) is 6.88. The van der Waals surface area contributed by atoms with Gasteiger partial charge < -0.3 is 15.8 Å². The summed E-state index contributed by atoms with van der Waals surface area (Å²) in [7, 11) is 1.64. The summed E-state index contributed by atoms with van der Waals surface area (Å²) in [5, 5.41) is 2.92. The van der Waals surface area contributed by atoms with Crippen molar-refractivity contribution in [2.45, 2.75) is 13.3 Å². The Hall–Kier alpha value is -2.49. The topological polar surface area (TPSA) is 64.3 Å². The van der Waals surface area contributed by atoms with E-state index < -0.39 is 0 Å². The Balaban J connectivity index is 1.90. The van der Waals surface area contributed by atoms with Crippen LogP contribution in [0.3, 0.4) is 0 Å². The Kier molecular flexibility index (Phi) is 4.82. The maximum atomic E-state index is 12.1. The average Bonchev–Trinajstić information content (AvgIpc) is 2.50. The second-order valence-electron chi connectivity index (χ2n) is 4.87. The van der Waals surface area contributed by atoms with Gasteiger partial charge in [-0.25, -0.2) is 0 Å². The predicted molar refractivity (Wildman–Crippen MR) is 84.6 cm³/mol. The number of rotatable bonds is 5. The quantitative estimate of drug-likeness (QED) is 0.829. The molecule has 0 spiro atoms. The van der Waals surface area contributed by atoms with E-state index in [0.29, 0.717) is 17.8 Å². The summed E-state index contributed by atoms with van der Waals surface area (Å²) >= 11 is 0.